The number of rotatable bonds is 2. The highest BCUT2D eigenvalue weighted by molar-refractivity contribution is 5.48. The minimum atomic E-state index is 0.596. The molecule has 82 valence electrons. The van der Waals surface area contributed by atoms with Crippen LogP contribution in [-0.2, 0) is 0 Å². The van der Waals surface area contributed by atoms with Crippen molar-refractivity contribution in [3.05, 3.63) is 28.8 Å². The van der Waals surface area contributed by atoms with Crippen molar-refractivity contribution in [3.8, 4) is 5.75 Å². The van der Waals surface area contributed by atoms with Crippen LogP contribution >= 0.6 is 0 Å². The molecule has 0 radical (unpaired) electrons. The third-order valence-corrected chi connectivity index (χ3v) is 3.25. The van der Waals surface area contributed by atoms with Crippen LogP contribution in [0.4, 0.5) is 0 Å². The Morgan fingerprint density at radius 2 is 2.07 bits per heavy atom. The quantitative estimate of drug-likeness (QED) is 0.805. The number of benzene rings is 1. The van der Waals surface area contributed by atoms with Gasteiger partial charge >= 0.3 is 0 Å². The average molecular weight is 205 g/mol. The Hall–Kier alpha value is -1.02. The van der Waals surface area contributed by atoms with E-state index in [2.05, 4.69) is 26.0 Å². The first-order chi connectivity index (χ1) is 7.24. The summed E-state index contributed by atoms with van der Waals surface area (Å²) in [6, 6.07) is 4.32. The van der Waals surface area contributed by atoms with Crippen molar-refractivity contribution in [2.45, 2.75) is 32.6 Å². The molecule has 0 saturated heterocycles. The van der Waals surface area contributed by atoms with Crippen LogP contribution in [0.2, 0.25) is 0 Å². The van der Waals surface area contributed by atoms with Gasteiger partial charge in [0.1, 0.15) is 5.75 Å². The second kappa shape index (κ2) is 4.23. The van der Waals surface area contributed by atoms with Gasteiger partial charge < -0.3 is 10.5 Å². The lowest BCUT2D eigenvalue weighted by molar-refractivity contribution is 0.261. The minimum absolute atomic E-state index is 0.596. The molecule has 1 atom stereocenters. The third-order valence-electron chi connectivity index (χ3n) is 3.25. The van der Waals surface area contributed by atoms with Gasteiger partial charge in [0.15, 0.2) is 0 Å². The van der Waals surface area contributed by atoms with E-state index in [1.165, 1.54) is 16.7 Å². The van der Waals surface area contributed by atoms with E-state index in [1.54, 1.807) is 0 Å². The van der Waals surface area contributed by atoms with Gasteiger partial charge in [-0.2, -0.15) is 0 Å². The van der Waals surface area contributed by atoms with Crippen molar-refractivity contribution in [2.24, 2.45) is 5.73 Å². The van der Waals surface area contributed by atoms with E-state index in [0.717, 1.165) is 31.7 Å². The van der Waals surface area contributed by atoms with Crippen LogP contribution in [-0.4, -0.2) is 13.2 Å². The maximum Gasteiger partial charge on any atom is 0.125 e. The average Bonchev–Trinajstić information content (AvgIpc) is 2.24. The van der Waals surface area contributed by atoms with Gasteiger partial charge in [0, 0.05) is 5.56 Å². The summed E-state index contributed by atoms with van der Waals surface area (Å²) in [5.74, 6) is 1.71. The Kier molecular flexibility index (Phi) is 2.96. The summed E-state index contributed by atoms with van der Waals surface area (Å²) in [4.78, 5) is 0. The summed E-state index contributed by atoms with van der Waals surface area (Å²) >= 11 is 0. The van der Waals surface area contributed by atoms with E-state index >= 15 is 0 Å². The highest BCUT2D eigenvalue weighted by Gasteiger charge is 2.23. The summed E-state index contributed by atoms with van der Waals surface area (Å²) in [6.45, 7) is 5.87. The van der Waals surface area contributed by atoms with Gasteiger partial charge in [0.25, 0.3) is 0 Å². The SMILES string of the molecule is Cc1ccc(C)c2c1OCCC2CCN. The van der Waals surface area contributed by atoms with Gasteiger partial charge in [-0.15, -0.1) is 0 Å². The zero-order valence-corrected chi connectivity index (χ0v) is 9.55. The van der Waals surface area contributed by atoms with E-state index < -0.39 is 0 Å². The fourth-order valence-corrected chi connectivity index (χ4v) is 2.44. The maximum absolute atomic E-state index is 5.77. The number of nitrogens with two attached hydrogens (primary N) is 1. The van der Waals surface area contributed by atoms with Crippen LogP contribution in [0.15, 0.2) is 12.1 Å². The summed E-state index contributed by atoms with van der Waals surface area (Å²) in [5.41, 5.74) is 9.65. The van der Waals surface area contributed by atoms with E-state index in [9.17, 15) is 0 Å². The first-order valence-electron chi connectivity index (χ1n) is 5.67. The van der Waals surface area contributed by atoms with Crippen molar-refractivity contribution in [3.63, 3.8) is 0 Å². The molecule has 0 spiro atoms. The van der Waals surface area contributed by atoms with Crippen molar-refractivity contribution < 1.29 is 4.74 Å². The number of fused-ring (bicyclic) bond motifs is 1. The highest BCUT2D eigenvalue weighted by atomic mass is 16.5. The molecular weight excluding hydrogens is 186 g/mol. The van der Waals surface area contributed by atoms with Gasteiger partial charge in [-0.3, -0.25) is 0 Å². The Bertz CT molecular complexity index is 360. The lowest BCUT2D eigenvalue weighted by Gasteiger charge is -2.28. The van der Waals surface area contributed by atoms with E-state index in [1.807, 2.05) is 0 Å². The summed E-state index contributed by atoms with van der Waals surface area (Å²) in [5, 5.41) is 0. The molecule has 0 saturated carbocycles. The molecule has 1 aromatic rings. The van der Waals surface area contributed by atoms with Crippen LogP contribution in [0.25, 0.3) is 0 Å². The molecular formula is C13H19NO. The molecule has 1 aromatic carbocycles. The predicted molar refractivity (Wildman–Crippen MR) is 62.4 cm³/mol. The molecule has 15 heavy (non-hydrogen) atoms. The molecule has 1 aliphatic heterocycles. The zero-order valence-electron chi connectivity index (χ0n) is 9.55. The fourth-order valence-electron chi connectivity index (χ4n) is 2.44. The molecule has 0 amide bonds. The second-order valence-electron chi connectivity index (χ2n) is 4.35. The third kappa shape index (κ3) is 1.86. The molecule has 1 aliphatic rings. The topological polar surface area (TPSA) is 35.2 Å². The predicted octanol–water partition coefficient (Wildman–Crippen LogP) is 2.52. The van der Waals surface area contributed by atoms with Gasteiger partial charge in [0.2, 0.25) is 0 Å². The summed E-state index contributed by atoms with van der Waals surface area (Å²) in [7, 11) is 0. The lowest BCUT2D eigenvalue weighted by atomic mass is 9.86. The smallest absolute Gasteiger partial charge is 0.125 e. The normalized spacial score (nSPS) is 19.5. The molecule has 2 rings (SSSR count). The number of aryl methyl sites for hydroxylation is 2. The van der Waals surface area contributed by atoms with Gasteiger partial charge in [-0.05, 0) is 50.3 Å². The van der Waals surface area contributed by atoms with Gasteiger partial charge in [-0.25, -0.2) is 0 Å². The van der Waals surface area contributed by atoms with Crippen molar-refractivity contribution in [1.82, 2.24) is 0 Å². The largest absolute Gasteiger partial charge is 0.493 e. The van der Waals surface area contributed by atoms with Crippen molar-refractivity contribution >= 4 is 0 Å². The maximum atomic E-state index is 5.77. The molecule has 0 aromatic heterocycles. The van der Waals surface area contributed by atoms with Gasteiger partial charge in [0.05, 0.1) is 6.61 Å². The molecule has 2 nitrogen and oxygen atoms in total. The van der Waals surface area contributed by atoms with Crippen LogP contribution in [0.3, 0.4) is 0 Å². The molecule has 2 heteroatoms. The first kappa shape index (κ1) is 10.5. The van der Waals surface area contributed by atoms with Crippen LogP contribution in [0.1, 0.15) is 35.4 Å². The van der Waals surface area contributed by atoms with E-state index in [0.29, 0.717) is 5.92 Å². The second-order valence-corrected chi connectivity index (χ2v) is 4.35. The van der Waals surface area contributed by atoms with Crippen molar-refractivity contribution in [1.29, 1.82) is 0 Å². The molecule has 0 fully saturated rings. The Balaban J connectivity index is 2.45. The fraction of sp³-hybridized carbons (Fsp3) is 0.538. The van der Waals surface area contributed by atoms with Crippen LogP contribution in [0.5, 0.6) is 5.75 Å². The molecule has 1 heterocycles. The monoisotopic (exact) mass is 205 g/mol. The highest BCUT2D eigenvalue weighted by Crippen LogP contribution is 2.39. The number of ether oxygens (including phenoxy) is 1. The standard InChI is InChI=1S/C13H19NO/c1-9-3-4-10(2)13-12(9)11(5-7-14)6-8-15-13/h3-4,11H,5-8,14H2,1-2H3. The van der Waals surface area contributed by atoms with E-state index in [4.69, 9.17) is 10.5 Å². The minimum Gasteiger partial charge on any atom is -0.493 e. The van der Waals surface area contributed by atoms with Crippen molar-refractivity contribution in [2.75, 3.05) is 13.2 Å². The van der Waals surface area contributed by atoms with Crippen LogP contribution < -0.4 is 10.5 Å². The Morgan fingerprint density at radius 3 is 2.80 bits per heavy atom. The Labute approximate surface area is 91.4 Å². The van der Waals surface area contributed by atoms with E-state index in [-0.39, 0.29) is 0 Å². The number of hydrogen-bond acceptors (Lipinski definition) is 2. The zero-order chi connectivity index (χ0) is 10.8. The number of hydrogen-bond donors (Lipinski definition) is 1. The molecule has 0 aliphatic carbocycles. The lowest BCUT2D eigenvalue weighted by Crippen LogP contribution is -2.18. The van der Waals surface area contributed by atoms with Gasteiger partial charge in [-0.1, -0.05) is 12.1 Å². The Morgan fingerprint density at radius 1 is 1.33 bits per heavy atom. The first-order valence-corrected chi connectivity index (χ1v) is 5.67. The van der Waals surface area contributed by atoms with Crippen LogP contribution in [0, 0.1) is 13.8 Å². The summed E-state index contributed by atoms with van der Waals surface area (Å²) in [6.07, 6.45) is 2.18. The molecule has 0 bridgehead atoms. The summed E-state index contributed by atoms with van der Waals surface area (Å²) < 4.78 is 5.77. The molecule has 1 unspecified atom stereocenters. The molecule has 2 N–H and O–H groups in total.